The van der Waals surface area contributed by atoms with Crippen LogP contribution >= 0.6 is 0 Å². The van der Waals surface area contributed by atoms with Gasteiger partial charge < -0.3 is 4.57 Å². The van der Waals surface area contributed by atoms with Crippen molar-refractivity contribution in [3.8, 4) is 0 Å². The standard InChI is InChI=1S/C6H5N5O3/c1-10-3-4(11(13)14)2-5(10)6(12)8-9-7/h2-3H,1H3. The van der Waals surface area contributed by atoms with Gasteiger partial charge in [0.15, 0.2) is 0 Å². The van der Waals surface area contributed by atoms with Gasteiger partial charge in [0, 0.05) is 18.0 Å². The van der Waals surface area contributed by atoms with Crippen LogP contribution < -0.4 is 0 Å². The van der Waals surface area contributed by atoms with Crippen LogP contribution in [0.25, 0.3) is 10.4 Å². The van der Waals surface area contributed by atoms with Crippen molar-refractivity contribution in [1.29, 1.82) is 0 Å². The molecule has 0 N–H and O–H groups in total. The molecule has 72 valence electrons. The van der Waals surface area contributed by atoms with Gasteiger partial charge in [0.25, 0.3) is 11.6 Å². The number of aryl methyl sites for hydroxylation is 1. The van der Waals surface area contributed by atoms with E-state index in [-0.39, 0.29) is 11.4 Å². The maximum Gasteiger partial charge on any atom is 0.287 e. The van der Waals surface area contributed by atoms with E-state index in [1.54, 1.807) is 0 Å². The van der Waals surface area contributed by atoms with Crippen LogP contribution in [0.4, 0.5) is 5.69 Å². The molecule has 1 aromatic rings. The summed E-state index contributed by atoms with van der Waals surface area (Å²) in [5, 5.41) is 13.2. The van der Waals surface area contributed by atoms with Gasteiger partial charge in [-0.25, -0.2) is 0 Å². The van der Waals surface area contributed by atoms with Gasteiger partial charge in [0.1, 0.15) is 0 Å². The maximum atomic E-state index is 11.0. The summed E-state index contributed by atoms with van der Waals surface area (Å²) in [6, 6.07) is 1.05. The van der Waals surface area contributed by atoms with Crippen molar-refractivity contribution >= 4 is 11.6 Å². The Hall–Kier alpha value is -2.34. The van der Waals surface area contributed by atoms with E-state index in [9.17, 15) is 14.9 Å². The number of nitro groups is 1. The Morgan fingerprint density at radius 1 is 1.79 bits per heavy atom. The van der Waals surface area contributed by atoms with E-state index < -0.39 is 10.8 Å². The molecule has 1 aromatic heterocycles. The first-order valence-corrected chi connectivity index (χ1v) is 3.46. The first-order chi connectivity index (χ1) is 6.56. The van der Waals surface area contributed by atoms with Crippen molar-refractivity contribution in [2.45, 2.75) is 0 Å². The molecule has 0 saturated heterocycles. The van der Waals surface area contributed by atoms with Crippen molar-refractivity contribution in [2.75, 3.05) is 0 Å². The number of rotatable bonds is 2. The highest BCUT2D eigenvalue weighted by atomic mass is 16.6. The molecular weight excluding hydrogens is 190 g/mol. The number of carbonyl (C=O) groups is 1. The van der Waals surface area contributed by atoms with E-state index in [2.05, 4.69) is 10.0 Å². The molecule has 0 aliphatic rings. The van der Waals surface area contributed by atoms with Crippen molar-refractivity contribution in [3.63, 3.8) is 0 Å². The fraction of sp³-hybridized carbons (Fsp3) is 0.167. The SMILES string of the molecule is Cn1cc([N+](=O)[O-])cc1C(=O)N=[N+]=[N-]. The summed E-state index contributed by atoms with van der Waals surface area (Å²) in [4.78, 5) is 23.0. The molecule has 8 heteroatoms. The number of azide groups is 1. The fourth-order valence-electron chi connectivity index (χ4n) is 0.951. The van der Waals surface area contributed by atoms with Gasteiger partial charge in [-0.05, 0) is 10.6 Å². The van der Waals surface area contributed by atoms with Gasteiger partial charge in [0.05, 0.1) is 16.8 Å². The van der Waals surface area contributed by atoms with Crippen LogP contribution in [-0.2, 0) is 7.05 Å². The Kier molecular flexibility index (Phi) is 2.49. The summed E-state index contributed by atoms with van der Waals surface area (Å²) in [6.07, 6.45) is 1.17. The molecule has 0 fully saturated rings. The molecular formula is C6H5N5O3. The third kappa shape index (κ3) is 1.70. The zero-order valence-corrected chi connectivity index (χ0v) is 7.12. The Morgan fingerprint density at radius 2 is 2.43 bits per heavy atom. The van der Waals surface area contributed by atoms with Crippen LogP contribution in [0.5, 0.6) is 0 Å². The van der Waals surface area contributed by atoms with E-state index >= 15 is 0 Å². The third-order valence-electron chi connectivity index (χ3n) is 1.56. The van der Waals surface area contributed by atoms with E-state index in [1.165, 1.54) is 17.8 Å². The lowest BCUT2D eigenvalue weighted by atomic mass is 10.4. The molecule has 0 aliphatic heterocycles. The summed E-state index contributed by atoms with van der Waals surface area (Å²) in [7, 11) is 1.45. The van der Waals surface area contributed by atoms with Crippen LogP contribution in [0.15, 0.2) is 17.4 Å². The molecule has 0 aromatic carbocycles. The highest BCUT2D eigenvalue weighted by molar-refractivity contribution is 5.94. The topological polar surface area (TPSA) is 114 Å². The molecule has 0 spiro atoms. The lowest BCUT2D eigenvalue weighted by molar-refractivity contribution is -0.384. The number of hydrogen-bond acceptors (Lipinski definition) is 3. The van der Waals surface area contributed by atoms with Crippen LogP contribution in [0.3, 0.4) is 0 Å². The number of carbonyl (C=O) groups excluding carboxylic acids is 1. The molecule has 1 rings (SSSR count). The predicted octanol–water partition coefficient (Wildman–Crippen LogP) is 1.38. The smallest absolute Gasteiger partial charge is 0.287 e. The van der Waals surface area contributed by atoms with Crippen molar-refractivity contribution in [3.05, 3.63) is 38.5 Å². The fourth-order valence-corrected chi connectivity index (χ4v) is 0.951. The second-order valence-electron chi connectivity index (χ2n) is 2.45. The first kappa shape index (κ1) is 9.75. The Balaban J connectivity index is 3.16. The number of nitrogens with zero attached hydrogens (tertiary/aromatic N) is 5. The van der Waals surface area contributed by atoms with E-state index in [1.807, 2.05) is 0 Å². The zero-order valence-electron chi connectivity index (χ0n) is 7.12. The number of amides is 1. The molecule has 0 radical (unpaired) electrons. The maximum absolute atomic E-state index is 11.0. The molecule has 1 heterocycles. The summed E-state index contributed by atoms with van der Waals surface area (Å²) in [5.74, 6) is -0.844. The summed E-state index contributed by atoms with van der Waals surface area (Å²) in [5.41, 5.74) is 7.76. The summed E-state index contributed by atoms with van der Waals surface area (Å²) in [6.45, 7) is 0. The minimum atomic E-state index is -0.844. The van der Waals surface area contributed by atoms with Gasteiger partial charge in [-0.2, -0.15) is 0 Å². The van der Waals surface area contributed by atoms with Crippen molar-refractivity contribution < 1.29 is 9.72 Å². The average molecular weight is 195 g/mol. The van der Waals surface area contributed by atoms with Crippen molar-refractivity contribution in [2.24, 2.45) is 12.2 Å². The van der Waals surface area contributed by atoms with Crippen LogP contribution in [0.1, 0.15) is 10.5 Å². The largest absolute Gasteiger partial charge is 0.342 e. The Bertz CT molecular complexity index is 442. The predicted molar refractivity (Wildman–Crippen MR) is 45.5 cm³/mol. The monoisotopic (exact) mass is 195 g/mol. The summed E-state index contributed by atoms with van der Waals surface area (Å²) >= 11 is 0. The number of aromatic nitrogens is 1. The van der Waals surface area contributed by atoms with Crippen LogP contribution in [0.2, 0.25) is 0 Å². The number of hydrogen-bond donors (Lipinski definition) is 0. The Labute approximate surface area is 77.5 Å². The van der Waals surface area contributed by atoms with Crippen LogP contribution in [0, 0.1) is 10.1 Å². The average Bonchev–Trinajstić information content (AvgIpc) is 2.48. The van der Waals surface area contributed by atoms with Gasteiger partial charge in [0.2, 0.25) is 0 Å². The molecule has 0 unspecified atom stereocenters. The lowest BCUT2D eigenvalue weighted by Crippen LogP contribution is -2.00. The highest BCUT2D eigenvalue weighted by Crippen LogP contribution is 2.15. The van der Waals surface area contributed by atoms with Gasteiger partial charge >= 0.3 is 0 Å². The third-order valence-corrected chi connectivity index (χ3v) is 1.56. The van der Waals surface area contributed by atoms with Gasteiger partial charge in [-0.1, -0.05) is 0 Å². The molecule has 0 saturated carbocycles. The van der Waals surface area contributed by atoms with Crippen molar-refractivity contribution in [1.82, 2.24) is 4.57 Å². The molecule has 8 nitrogen and oxygen atoms in total. The minimum absolute atomic E-state index is 0.0190. The first-order valence-electron chi connectivity index (χ1n) is 3.46. The molecule has 0 bridgehead atoms. The second kappa shape index (κ2) is 3.58. The zero-order chi connectivity index (χ0) is 10.7. The molecule has 0 atom stereocenters. The van der Waals surface area contributed by atoms with Gasteiger partial charge in [-0.3, -0.25) is 14.9 Å². The molecule has 14 heavy (non-hydrogen) atoms. The minimum Gasteiger partial charge on any atom is -0.342 e. The quantitative estimate of drug-likeness (QED) is 0.233. The molecule has 0 aliphatic carbocycles. The normalized spacial score (nSPS) is 9.21. The van der Waals surface area contributed by atoms with Crippen LogP contribution in [-0.4, -0.2) is 15.4 Å². The second-order valence-corrected chi connectivity index (χ2v) is 2.45. The van der Waals surface area contributed by atoms with Gasteiger partial charge in [-0.15, -0.1) is 0 Å². The summed E-state index contributed by atoms with van der Waals surface area (Å²) < 4.78 is 1.23. The van der Waals surface area contributed by atoms with E-state index in [0.29, 0.717) is 0 Å². The van der Waals surface area contributed by atoms with E-state index in [0.717, 1.165) is 6.07 Å². The molecule has 1 amide bonds. The lowest BCUT2D eigenvalue weighted by Gasteiger charge is -1.93. The Morgan fingerprint density at radius 3 is 2.86 bits per heavy atom. The highest BCUT2D eigenvalue weighted by Gasteiger charge is 2.15. The van der Waals surface area contributed by atoms with E-state index in [4.69, 9.17) is 5.53 Å².